The molecule has 1 fully saturated rings. The number of nitrogens with zero attached hydrogens (tertiary/aromatic N) is 2. The average molecular weight is 549 g/mol. The zero-order chi connectivity index (χ0) is 29.2. The van der Waals surface area contributed by atoms with Gasteiger partial charge in [-0.3, -0.25) is 19.8 Å². The molecule has 0 saturated carbocycles. The van der Waals surface area contributed by atoms with Crippen LogP contribution in [0.15, 0.2) is 24.3 Å². The molecule has 2 heterocycles. The Hall–Kier alpha value is -3.88. The number of carbonyl (C=O) groups excluding carboxylic acids is 3. The van der Waals surface area contributed by atoms with Crippen molar-refractivity contribution in [2.45, 2.75) is 58.9 Å². The normalized spacial score (nSPS) is 15.2. The Morgan fingerprint density at radius 3 is 2.40 bits per heavy atom. The molecule has 0 aliphatic carbocycles. The van der Waals surface area contributed by atoms with Crippen molar-refractivity contribution >= 4 is 29.0 Å². The fourth-order valence-corrected chi connectivity index (χ4v) is 5.34. The number of likely N-dealkylation sites (N-methyl/N-ethyl adjacent to an activating group) is 1. The largest absolute Gasteiger partial charge is 0.494 e. The molecule has 1 saturated heterocycles. The number of carbonyl (C=O) groups is 3. The van der Waals surface area contributed by atoms with Gasteiger partial charge in [0.05, 0.1) is 32.4 Å². The van der Waals surface area contributed by atoms with Gasteiger partial charge in [0, 0.05) is 61.8 Å². The molecule has 2 N–H and O–H groups in total. The van der Waals surface area contributed by atoms with Gasteiger partial charge in [0.25, 0.3) is 0 Å². The number of hydrogen-bond acceptors (Lipinski definition) is 7. The standard InChI is InChI=1S/C31H40N4O5/c1-7-40-27-15-21-17-35(30(32)23(21)12-20(27)16-28(38)33-5)18-26(37)19-13-24(31(2,3)4)29(39-6)25(14-19)34-10-8-22(36)9-11-34/h12-15,32H,7-11,16-18H2,1-6H3,(H,33,38). The Bertz CT molecular complexity index is 1330. The average Bonchev–Trinajstić information content (AvgIpc) is 3.21. The van der Waals surface area contributed by atoms with Crippen LogP contribution in [0.4, 0.5) is 5.69 Å². The van der Waals surface area contributed by atoms with Gasteiger partial charge >= 0.3 is 0 Å². The van der Waals surface area contributed by atoms with E-state index in [4.69, 9.17) is 14.9 Å². The van der Waals surface area contributed by atoms with E-state index in [9.17, 15) is 14.4 Å². The maximum atomic E-state index is 13.8. The lowest BCUT2D eigenvalue weighted by Gasteiger charge is -2.33. The number of piperidine rings is 1. The number of amides is 1. The molecular weight excluding hydrogens is 508 g/mol. The van der Waals surface area contributed by atoms with E-state index < -0.39 is 0 Å². The first-order valence-electron chi connectivity index (χ1n) is 13.8. The highest BCUT2D eigenvalue weighted by Crippen LogP contribution is 2.41. The highest BCUT2D eigenvalue weighted by molar-refractivity contribution is 6.06. The molecule has 0 spiro atoms. The third-order valence-electron chi connectivity index (χ3n) is 7.55. The van der Waals surface area contributed by atoms with Gasteiger partial charge in [-0.2, -0.15) is 0 Å². The van der Waals surface area contributed by atoms with Crippen LogP contribution in [-0.4, -0.2) is 68.6 Å². The van der Waals surface area contributed by atoms with E-state index in [0.717, 1.165) is 22.6 Å². The number of rotatable bonds is 9. The number of hydrogen-bond donors (Lipinski definition) is 2. The summed E-state index contributed by atoms with van der Waals surface area (Å²) in [5.74, 6) is 1.61. The van der Waals surface area contributed by atoms with Crippen LogP contribution < -0.4 is 19.7 Å². The quantitative estimate of drug-likeness (QED) is 0.458. The molecule has 214 valence electrons. The predicted molar refractivity (Wildman–Crippen MR) is 155 cm³/mol. The van der Waals surface area contributed by atoms with Crippen molar-refractivity contribution in [3.63, 3.8) is 0 Å². The Labute approximate surface area is 236 Å². The van der Waals surface area contributed by atoms with Crippen molar-refractivity contribution in [3.8, 4) is 11.5 Å². The van der Waals surface area contributed by atoms with Gasteiger partial charge in [-0.05, 0) is 42.2 Å². The number of fused-ring (bicyclic) bond motifs is 1. The molecule has 0 aromatic heterocycles. The van der Waals surface area contributed by atoms with Crippen LogP contribution in [0.5, 0.6) is 11.5 Å². The SMILES string of the molecule is CCOc1cc2c(cc1CC(=O)NC)C(=N)N(CC(=O)c1cc(N3CCC(=O)CC3)c(OC)c(C(C)(C)C)c1)C2. The van der Waals surface area contributed by atoms with Crippen molar-refractivity contribution in [1.29, 1.82) is 5.41 Å². The van der Waals surface area contributed by atoms with E-state index >= 15 is 0 Å². The highest BCUT2D eigenvalue weighted by atomic mass is 16.5. The first-order chi connectivity index (χ1) is 19.0. The molecule has 9 nitrogen and oxygen atoms in total. The number of ketones is 2. The second kappa shape index (κ2) is 11.7. The third-order valence-corrected chi connectivity index (χ3v) is 7.55. The first-order valence-corrected chi connectivity index (χ1v) is 13.8. The molecule has 4 rings (SSSR count). The Kier molecular flexibility index (Phi) is 8.51. The highest BCUT2D eigenvalue weighted by Gasteiger charge is 2.31. The number of nitrogens with one attached hydrogen (secondary N) is 2. The monoisotopic (exact) mass is 548 g/mol. The van der Waals surface area contributed by atoms with Crippen LogP contribution >= 0.6 is 0 Å². The van der Waals surface area contributed by atoms with Gasteiger partial charge in [0.2, 0.25) is 5.91 Å². The number of ether oxygens (including phenoxy) is 2. The van der Waals surface area contributed by atoms with Crippen LogP contribution in [-0.2, 0) is 28.0 Å². The minimum Gasteiger partial charge on any atom is -0.494 e. The van der Waals surface area contributed by atoms with E-state index in [2.05, 4.69) is 31.0 Å². The van der Waals surface area contributed by atoms with E-state index in [-0.39, 0.29) is 41.7 Å². The molecule has 40 heavy (non-hydrogen) atoms. The van der Waals surface area contributed by atoms with Crippen molar-refractivity contribution in [3.05, 3.63) is 52.1 Å². The fraction of sp³-hybridized carbons (Fsp3) is 0.484. The van der Waals surface area contributed by atoms with Gasteiger partial charge in [-0.1, -0.05) is 20.8 Å². The zero-order valence-electron chi connectivity index (χ0n) is 24.4. The summed E-state index contributed by atoms with van der Waals surface area (Å²) in [6.07, 6.45) is 1.10. The lowest BCUT2D eigenvalue weighted by molar-refractivity contribution is -0.120. The van der Waals surface area contributed by atoms with Crippen LogP contribution in [0.2, 0.25) is 0 Å². The number of Topliss-reactive ketones (excluding diaryl/α,β-unsaturated/α-hetero) is 2. The van der Waals surface area contributed by atoms with Crippen LogP contribution in [0, 0.1) is 5.41 Å². The second-order valence-corrected chi connectivity index (χ2v) is 11.4. The Balaban J connectivity index is 1.64. The van der Waals surface area contributed by atoms with Gasteiger partial charge in [0.1, 0.15) is 23.1 Å². The minimum atomic E-state index is -0.282. The topological polar surface area (TPSA) is 112 Å². The van der Waals surface area contributed by atoms with Crippen LogP contribution in [0.3, 0.4) is 0 Å². The summed E-state index contributed by atoms with van der Waals surface area (Å²) in [6, 6.07) is 7.50. The second-order valence-electron chi connectivity index (χ2n) is 11.4. The molecule has 9 heteroatoms. The molecule has 1 amide bonds. The molecule has 0 atom stereocenters. The van der Waals surface area contributed by atoms with Crippen LogP contribution in [0.1, 0.15) is 73.1 Å². The molecule has 2 aliphatic heterocycles. The molecule has 2 aromatic rings. The Morgan fingerprint density at radius 1 is 1.10 bits per heavy atom. The number of amidine groups is 1. The lowest BCUT2D eigenvalue weighted by Crippen LogP contribution is -2.35. The van der Waals surface area contributed by atoms with E-state index in [1.165, 1.54) is 0 Å². The van der Waals surface area contributed by atoms with Crippen molar-refractivity contribution in [2.24, 2.45) is 0 Å². The zero-order valence-corrected chi connectivity index (χ0v) is 24.4. The van der Waals surface area contributed by atoms with Gasteiger partial charge in [-0.15, -0.1) is 0 Å². The summed E-state index contributed by atoms with van der Waals surface area (Å²) in [5.41, 5.74) is 4.34. The fourth-order valence-electron chi connectivity index (χ4n) is 5.34. The summed E-state index contributed by atoms with van der Waals surface area (Å²) in [5, 5.41) is 11.5. The summed E-state index contributed by atoms with van der Waals surface area (Å²) >= 11 is 0. The van der Waals surface area contributed by atoms with Gasteiger partial charge < -0.3 is 24.6 Å². The first kappa shape index (κ1) is 29.1. The van der Waals surface area contributed by atoms with Crippen molar-refractivity contribution in [2.75, 3.05) is 45.3 Å². The number of anilines is 1. The van der Waals surface area contributed by atoms with Crippen LogP contribution in [0.25, 0.3) is 0 Å². The maximum Gasteiger partial charge on any atom is 0.224 e. The number of methoxy groups -OCH3 is 1. The lowest BCUT2D eigenvalue weighted by atomic mass is 9.84. The summed E-state index contributed by atoms with van der Waals surface area (Å²) < 4.78 is 11.7. The smallest absolute Gasteiger partial charge is 0.224 e. The molecule has 2 aliphatic rings. The molecule has 2 aromatic carbocycles. The van der Waals surface area contributed by atoms with E-state index in [0.29, 0.717) is 61.5 Å². The number of benzene rings is 2. The molecular formula is C31H40N4O5. The molecule has 0 bridgehead atoms. The summed E-state index contributed by atoms with van der Waals surface area (Å²) in [4.78, 5) is 41.6. The van der Waals surface area contributed by atoms with E-state index in [1.54, 1.807) is 19.1 Å². The Morgan fingerprint density at radius 2 is 1.80 bits per heavy atom. The van der Waals surface area contributed by atoms with Gasteiger partial charge in [-0.25, -0.2) is 0 Å². The maximum absolute atomic E-state index is 13.8. The predicted octanol–water partition coefficient (Wildman–Crippen LogP) is 3.87. The molecule has 0 unspecified atom stereocenters. The third kappa shape index (κ3) is 5.98. The summed E-state index contributed by atoms with van der Waals surface area (Å²) in [7, 11) is 3.23. The summed E-state index contributed by atoms with van der Waals surface area (Å²) in [6.45, 7) is 10.2. The molecule has 0 radical (unpaired) electrons. The van der Waals surface area contributed by atoms with Gasteiger partial charge in [0.15, 0.2) is 5.78 Å². The minimum absolute atomic E-state index is 0.0378. The van der Waals surface area contributed by atoms with E-state index in [1.807, 2.05) is 31.2 Å². The van der Waals surface area contributed by atoms with Crippen molar-refractivity contribution in [1.82, 2.24) is 10.2 Å². The van der Waals surface area contributed by atoms with Crippen molar-refractivity contribution < 1.29 is 23.9 Å².